The predicted octanol–water partition coefficient (Wildman–Crippen LogP) is 1.73. The molecule has 0 aromatic carbocycles. The summed E-state index contributed by atoms with van der Waals surface area (Å²) in [7, 11) is 0. The van der Waals surface area contributed by atoms with Crippen molar-refractivity contribution in [2.45, 2.75) is 38.1 Å². The van der Waals surface area contributed by atoms with Crippen molar-refractivity contribution in [1.82, 2.24) is 24.8 Å². The second kappa shape index (κ2) is 9.09. The van der Waals surface area contributed by atoms with Gasteiger partial charge in [0.15, 0.2) is 5.65 Å². The number of nitriles is 1. The summed E-state index contributed by atoms with van der Waals surface area (Å²) >= 11 is 0. The summed E-state index contributed by atoms with van der Waals surface area (Å²) in [6.45, 7) is 3.46. The van der Waals surface area contributed by atoms with Gasteiger partial charge in [-0.2, -0.15) is 5.26 Å². The molecule has 172 valence electrons. The fraction of sp³-hybridized carbons (Fsp3) is 0.409. The number of alkyl halides is 1. The van der Waals surface area contributed by atoms with Crippen LogP contribution in [-0.4, -0.2) is 68.1 Å². The van der Waals surface area contributed by atoms with Crippen LogP contribution in [0.2, 0.25) is 0 Å². The molecule has 1 saturated heterocycles. The zero-order valence-electron chi connectivity index (χ0n) is 18.2. The van der Waals surface area contributed by atoms with E-state index in [2.05, 4.69) is 25.6 Å². The second-order valence-corrected chi connectivity index (χ2v) is 8.42. The molecular formula is C22H24FN7O3. The van der Waals surface area contributed by atoms with Crippen LogP contribution in [0.4, 0.5) is 10.1 Å². The summed E-state index contributed by atoms with van der Waals surface area (Å²) in [5.74, 6) is -0.0535. The molecule has 4 rings (SSSR count). The maximum atomic E-state index is 14.1. The van der Waals surface area contributed by atoms with E-state index in [0.29, 0.717) is 41.4 Å². The Morgan fingerprint density at radius 3 is 2.91 bits per heavy atom. The average molecular weight is 453 g/mol. The maximum absolute atomic E-state index is 14.1. The molecule has 1 aliphatic heterocycles. The molecule has 0 spiro atoms. The third-order valence-electron chi connectivity index (χ3n) is 5.40. The molecule has 1 aliphatic rings. The minimum atomic E-state index is -1.63. The number of carbonyl (C=O) groups excluding carboxylic acids is 1. The molecule has 11 heteroatoms. The van der Waals surface area contributed by atoms with Crippen molar-refractivity contribution in [2.75, 3.05) is 25.1 Å². The number of rotatable bonds is 7. The van der Waals surface area contributed by atoms with E-state index in [0.717, 1.165) is 6.42 Å². The highest BCUT2D eigenvalue weighted by Gasteiger charge is 2.28. The Bertz CT molecular complexity index is 1210. The Kier molecular flexibility index (Phi) is 6.22. The van der Waals surface area contributed by atoms with E-state index in [4.69, 9.17) is 10.00 Å². The normalized spacial score (nSPS) is 17.0. The number of pyridine rings is 2. The number of carbonyl (C=O) groups is 1. The zero-order chi connectivity index (χ0) is 23.6. The van der Waals surface area contributed by atoms with Gasteiger partial charge in [0, 0.05) is 25.1 Å². The van der Waals surface area contributed by atoms with Crippen LogP contribution >= 0.6 is 0 Å². The third kappa shape index (κ3) is 4.92. The van der Waals surface area contributed by atoms with E-state index in [1.165, 1.54) is 26.2 Å². The number of anilines is 1. The molecule has 2 atom stereocenters. The molecule has 0 radical (unpaired) electrons. The Labute approximate surface area is 189 Å². The van der Waals surface area contributed by atoms with Gasteiger partial charge in [-0.15, -0.1) is 0 Å². The van der Waals surface area contributed by atoms with Crippen LogP contribution in [0.3, 0.4) is 0 Å². The molecular weight excluding hydrogens is 429 g/mol. The molecule has 0 aliphatic carbocycles. The van der Waals surface area contributed by atoms with Gasteiger partial charge in [0.2, 0.25) is 0 Å². The SMILES string of the molecule is CC(C)(O)C(F)CNC(=O)c1cnc(-n2cnc3cc(C#N)cnc32)cc1NC1CCOC1. The first kappa shape index (κ1) is 22.6. The van der Waals surface area contributed by atoms with Crippen LogP contribution in [0.1, 0.15) is 36.2 Å². The highest BCUT2D eigenvalue weighted by atomic mass is 19.1. The minimum Gasteiger partial charge on any atom is -0.387 e. The monoisotopic (exact) mass is 453 g/mol. The predicted molar refractivity (Wildman–Crippen MR) is 118 cm³/mol. The number of nitrogens with one attached hydrogen (secondary N) is 2. The number of ether oxygens (including phenoxy) is 1. The second-order valence-electron chi connectivity index (χ2n) is 8.42. The summed E-state index contributed by atoms with van der Waals surface area (Å²) in [5, 5.41) is 24.7. The number of imidazole rings is 1. The van der Waals surface area contributed by atoms with Crippen molar-refractivity contribution >= 4 is 22.8 Å². The van der Waals surface area contributed by atoms with Crippen LogP contribution in [0, 0.1) is 11.3 Å². The van der Waals surface area contributed by atoms with Gasteiger partial charge in [-0.3, -0.25) is 9.36 Å². The van der Waals surface area contributed by atoms with Crippen LogP contribution in [0.5, 0.6) is 0 Å². The van der Waals surface area contributed by atoms with Crippen molar-refractivity contribution in [3.05, 3.63) is 42.0 Å². The number of hydrogen-bond acceptors (Lipinski definition) is 8. The standard InChI is InChI=1S/C22H24FN7O3/c1-22(2,32)18(23)10-27-21(31)15-9-25-19(6-16(15)29-14-3-4-33-11-14)30-12-28-17-5-13(7-24)8-26-20(17)30/h5-6,8-9,12,14,18,32H,3-4,10-11H2,1-2H3,(H,25,29)(H,27,31). The van der Waals surface area contributed by atoms with Gasteiger partial charge in [-0.1, -0.05) is 0 Å². The largest absolute Gasteiger partial charge is 0.387 e. The molecule has 1 fully saturated rings. The van der Waals surface area contributed by atoms with E-state index < -0.39 is 17.7 Å². The molecule has 0 bridgehead atoms. The Morgan fingerprint density at radius 2 is 2.21 bits per heavy atom. The van der Waals surface area contributed by atoms with Crippen molar-refractivity contribution in [3.63, 3.8) is 0 Å². The fourth-order valence-electron chi connectivity index (χ4n) is 3.40. The van der Waals surface area contributed by atoms with Crippen molar-refractivity contribution < 1.29 is 19.0 Å². The fourth-order valence-corrected chi connectivity index (χ4v) is 3.40. The van der Waals surface area contributed by atoms with Gasteiger partial charge in [0.05, 0.1) is 41.6 Å². The number of aliphatic hydroxyl groups is 1. The number of aromatic nitrogens is 4. The van der Waals surface area contributed by atoms with E-state index in [1.807, 2.05) is 6.07 Å². The van der Waals surface area contributed by atoms with E-state index in [9.17, 15) is 14.3 Å². The molecule has 0 saturated carbocycles. The number of halogens is 1. The lowest BCUT2D eigenvalue weighted by Crippen LogP contribution is -2.42. The molecule has 3 aromatic heterocycles. The van der Waals surface area contributed by atoms with Gasteiger partial charge in [-0.25, -0.2) is 19.3 Å². The summed E-state index contributed by atoms with van der Waals surface area (Å²) in [4.78, 5) is 25.8. The molecule has 10 nitrogen and oxygen atoms in total. The number of fused-ring (bicyclic) bond motifs is 1. The Hall–Kier alpha value is -3.62. The first-order valence-corrected chi connectivity index (χ1v) is 10.5. The van der Waals surface area contributed by atoms with Gasteiger partial charge in [-0.05, 0) is 26.3 Å². The van der Waals surface area contributed by atoms with Crippen LogP contribution < -0.4 is 10.6 Å². The first-order valence-electron chi connectivity index (χ1n) is 10.5. The zero-order valence-corrected chi connectivity index (χ0v) is 18.2. The van der Waals surface area contributed by atoms with Crippen molar-refractivity contribution in [3.8, 4) is 11.9 Å². The third-order valence-corrected chi connectivity index (χ3v) is 5.40. The van der Waals surface area contributed by atoms with E-state index in [-0.39, 0.29) is 18.2 Å². The van der Waals surface area contributed by atoms with Gasteiger partial charge in [0.25, 0.3) is 5.91 Å². The maximum Gasteiger partial charge on any atom is 0.255 e. The first-order chi connectivity index (χ1) is 15.8. The van der Waals surface area contributed by atoms with Crippen molar-refractivity contribution in [1.29, 1.82) is 5.26 Å². The molecule has 3 N–H and O–H groups in total. The lowest BCUT2D eigenvalue weighted by Gasteiger charge is -2.23. The van der Waals surface area contributed by atoms with Crippen LogP contribution in [0.15, 0.2) is 30.9 Å². The van der Waals surface area contributed by atoms with Crippen LogP contribution in [0.25, 0.3) is 17.0 Å². The van der Waals surface area contributed by atoms with E-state index >= 15 is 0 Å². The smallest absolute Gasteiger partial charge is 0.255 e. The number of nitrogens with zero attached hydrogens (tertiary/aromatic N) is 5. The molecule has 2 unspecified atom stereocenters. The molecule has 33 heavy (non-hydrogen) atoms. The Balaban J connectivity index is 1.65. The highest BCUT2D eigenvalue weighted by molar-refractivity contribution is 5.99. The number of amides is 1. The Morgan fingerprint density at radius 1 is 1.39 bits per heavy atom. The van der Waals surface area contributed by atoms with Crippen LogP contribution in [-0.2, 0) is 4.74 Å². The summed E-state index contributed by atoms with van der Waals surface area (Å²) in [5.41, 5.74) is 0.614. The lowest BCUT2D eigenvalue weighted by atomic mass is 10.0. The van der Waals surface area contributed by atoms with Crippen molar-refractivity contribution in [2.24, 2.45) is 0 Å². The summed E-state index contributed by atoms with van der Waals surface area (Å²) < 4.78 is 21.2. The van der Waals surface area contributed by atoms with Gasteiger partial charge in [0.1, 0.15) is 29.9 Å². The molecule has 3 aromatic rings. The topological polar surface area (TPSA) is 138 Å². The highest BCUT2D eigenvalue weighted by Crippen LogP contribution is 2.24. The quantitative estimate of drug-likeness (QED) is 0.492. The minimum absolute atomic E-state index is 0.00735. The number of hydrogen-bond donors (Lipinski definition) is 3. The van der Waals surface area contributed by atoms with Gasteiger partial charge >= 0.3 is 0 Å². The average Bonchev–Trinajstić information content (AvgIpc) is 3.45. The summed E-state index contributed by atoms with van der Waals surface area (Å²) in [6, 6.07) is 5.36. The molecule has 4 heterocycles. The van der Waals surface area contributed by atoms with E-state index in [1.54, 1.807) is 23.0 Å². The summed E-state index contributed by atoms with van der Waals surface area (Å²) in [6.07, 6.45) is 3.54. The molecule has 1 amide bonds. The van der Waals surface area contributed by atoms with Gasteiger partial charge < -0.3 is 20.5 Å². The lowest BCUT2D eigenvalue weighted by molar-refractivity contribution is -0.00177.